The van der Waals surface area contributed by atoms with Gasteiger partial charge in [-0.15, -0.1) is 10.2 Å². The number of nitrogens with zero attached hydrogens (tertiary/aromatic N) is 4. The van der Waals surface area contributed by atoms with Crippen molar-refractivity contribution < 1.29 is 4.79 Å². The van der Waals surface area contributed by atoms with Crippen LogP contribution < -0.4 is 5.32 Å². The molecule has 0 unspecified atom stereocenters. The maximum absolute atomic E-state index is 12.2. The molecule has 1 aromatic carbocycles. The van der Waals surface area contributed by atoms with Crippen molar-refractivity contribution in [1.29, 1.82) is 0 Å². The lowest BCUT2D eigenvalue weighted by Crippen LogP contribution is -2.37. The Labute approximate surface area is 136 Å². The van der Waals surface area contributed by atoms with Crippen LogP contribution in [0, 0.1) is 0 Å². The molecule has 0 radical (unpaired) electrons. The second-order valence-electron chi connectivity index (χ2n) is 6.00. The lowest BCUT2D eigenvalue weighted by molar-refractivity contribution is 0.206. The molecule has 0 fully saturated rings. The van der Waals surface area contributed by atoms with Crippen molar-refractivity contribution in [1.82, 2.24) is 25.0 Å². The fourth-order valence-electron chi connectivity index (χ4n) is 2.89. The third kappa shape index (κ3) is 3.88. The van der Waals surface area contributed by atoms with E-state index in [2.05, 4.69) is 20.1 Å². The van der Waals surface area contributed by atoms with Crippen LogP contribution in [0.2, 0.25) is 0 Å². The molecule has 0 aliphatic carbocycles. The number of hydrogen-bond acceptors (Lipinski definition) is 3. The van der Waals surface area contributed by atoms with E-state index in [9.17, 15) is 4.79 Å². The summed E-state index contributed by atoms with van der Waals surface area (Å²) in [5.74, 6) is 1.90. The number of benzene rings is 1. The van der Waals surface area contributed by atoms with Crippen molar-refractivity contribution in [3.8, 4) is 0 Å². The number of urea groups is 1. The van der Waals surface area contributed by atoms with Crippen LogP contribution in [0.3, 0.4) is 0 Å². The van der Waals surface area contributed by atoms with E-state index >= 15 is 0 Å². The Hall–Kier alpha value is -2.37. The molecule has 6 nitrogen and oxygen atoms in total. The highest BCUT2D eigenvalue weighted by Gasteiger charge is 2.16. The third-order valence-electron chi connectivity index (χ3n) is 4.19. The van der Waals surface area contributed by atoms with Crippen molar-refractivity contribution in [3.05, 3.63) is 47.5 Å². The first kappa shape index (κ1) is 15.5. The topological polar surface area (TPSA) is 63.1 Å². The van der Waals surface area contributed by atoms with Crippen LogP contribution in [-0.2, 0) is 26.1 Å². The Kier molecular flexibility index (Phi) is 4.90. The summed E-state index contributed by atoms with van der Waals surface area (Å²) >= 11 is 0. The second-order valence-corrected chi connectivity index (χ2v) is 6.00. The van der Waals surface area contributed by atoms with E-state index in [1.54, 1.807) is 11.9 Å². The van der Waals surface area contributed by atoms with Gasteiger partial charge in [-0.2, -0.15) is 0 Å². The van der Waals surface area contributed by atoms with Gasteiger partial charge in [0.15, 0.2) is 5.82 Å². The quantitative estimate of drug-likeness (QED) is 0.942. The fraction of sp³-hybridized carbons (Fsp3) is 0.471. The molecule has 2 heterocycles. The van der Waals surface area contributed by atoms with Crippen LogP contribution in [0.5, 0.6) is 0 Å². The molecule has 0 saturated heterocycles. The molecule has 6 heteroatoms. The number of nitrogens with one attached hydrogen (secondary N) is 1. The van der Waals surface area contributed by atoms with E-state index in [0.717, 1.165) is 36.6 Å². The highest BCUT2D eigenvalue weighted by molar-refractivity contribution is 5.73. The van der Waals surface area contributed by atoms with Gasteiger partial charge in [-0.1, -0.05) is 36.8 Å². The Morgan fingerprint density at radius 2 is 2.04 bits per heavy atom. The Morgan fingerprint density at radius 1 is 1.22 bits per heavy atom. The van der Waals surface area contributed by atoms with Crippen LogP contribution in [0.25, 0.3) is 0 Å². The first-order valence-corrected chi connectivity index (χ1v) is 8.18. The zero-order valence-corrected chi connectivity index (χ0v) is 13.5. The summed E-state index contributed by atoms with van der Waals surface area (Å²) < 4.78 is 2.16. The largest absolute Gasteiger partial charge is 0.331 e. The Morgan fingerprint density at radius 3 is 2.87 bits per heavy atom. The second kappa shape index (κ2) is 7.26. The Bertz CT molecular complexity index is 652. The number of aromatic nitrogens is 3. The van der Waals surface area contributed by atoms with Crippen molar-refractivity contribution in [2.24, 2.45) is 0 Å². The van der Waals surface area contributed by atoms with E-state index in [4.69, 9.17) is 0 Å². The SMILES string of the molecule is CN(Cc1ccccc1)C(=O)NCc1nnc2n1CCCCC2. The first-order valence-electron chi connectivity index (χ1n) is 8.18. The molecule has 122 valence electrons. The number of amides is 2. The summed E-state index contributed by atoms with van der Waals surface area (Å²) in [6.45, 7) is 1.96. The van der Waals surface area contributed by atoms with Gasteiger partial charge >= 0.3 is 6.03 Å². The van der Waals surface area contributed by atoms with Gasteiger partial charge in [0.1, 0.15) is 5.82 Å². The molecule has 2 aromatic rings. The molecule has 3 rings (SSSR count). The lowest BCUT2D eigenvalue weighted by atomic mass is 10.2. The van der Waals surface area contributed by atoms with Crippen molar-refractivity contribution in [2.45, 2.75) is 45.3 Å². The predicted molar refractivity (Wildman–Crippen MR) is 87.7 cm³/mol. The normalized spacial score (nSPS) is 14.0. The molecule has 2 amide bonds. The maximum atomic E-state index is 12.2. The number of rotatable bonds is 4. The summed E-state index contributed by atoms with van der Waals surface area (Å²) in [4.78, 5) is 13.9. The summed E-state index contributed by atoms with van der Waals surface area (Å²) in [6, 6.07) is 9.86. The minimum atomic E-state index is -0.0974. The number of fused-ring (bicyclic) bond motifs is 1. The first-order chi connectivity index (χ1) is 11.2. The molecule has 0 spiro atoms. The van der Waals surface area contributed by atoms with Gasteiger partial charge < -0.3 is 14.8 Å². The molecular formula is C17H23N5O. The van der Waals surface area contributed by atoms with E-state index in [1.165, 1.54) is 12.8 Å². The monoisotopic (exact) mass is 313 g/mol. The number of carbonyl (C=O) groups is 1. The van der Waals surface area contributed by atoms with Gasteiger partial charge in [0.25, 0.3) is 0 Å². The third-order valence-corrected chi connectivity index (χ3v) is 4.19. The molecule has 0 bridgehead atoms. The van der Waals surface area contributed by atoms with Crippen LogP contribution in [-0.4, -0.2) is 32.7 Å². The lowest BCUT2D eigenvalue weighted by Gasteiger charge is -2.18. The number of carbonyl (C=O) groups excluding carboxylic acids is 1. The van der Waals surface area contributed by atoms with Crippen LogP contribution in [0.15, 0.2) is 30.3 Å². The summed E-state index contributed by atoms with van der Waals surface area (Å²) in [5, 5.41) is 11.4. The zero-order chi connectivity index (χ0) is 16.1. The van der Waals surface area contributed by atoms with Gasteiger partial charge in [0.2, 0.25) is 0 Å². The molecule has 1 N–H and O–H groups in total. The average molecular weight is 313 g/mol. The van der Waals surface area contributed by atoms with Crippen molar-refractivity contribution in [3.63, 3.8) is 0 Å². The van der Waals surface area contributed by atoms with E-state index in [0.29, 0.717) is 13.1 Å². The predicted octanol–water partition coefficient (Wildman–Crippen LogP) is 2.35. The zero-order valence-electron chi connectivity index (χ0n) is 13.5. The smallest absolute Gasteiger partial charge is 0.317 e. The number of hydrogen-bond donors (Lipinski definition) is 1. The average Bonchev–Trinajstić information content (AvgIpc) is 2.80. The summed E-state index contributed by atoms with van der Waals surface area (Å²) in [6.07, 6.45) is 4.54. The van der Waals surface area contributed by atoms with Crippen LogP contribution >= 0.6 is 0 Å². The van der Waals surface area contributed by atoms with Gasteiger partial charge in [-0.05, 0) is 18.4 Å². The van der Waals surface area contributed by atoms with E-state index in [1.807, 2.05) is 30.3 Å². The molecule has 0 atom stereocenters. The van der Waals surface area contributed by atoms with E-state index in [-0.39, 0.29) is 6.03 Å². The number of aryl methyl sites for hydroxylation is 1. The fourth-order valence-corrected chi connectivity index (χ4v) is 2.89. The summed E-state index contributed by atoms with van der Waals surface area (Å²) in [7, 11) is 1.80. The standard InChI is InChI=1S/C17H23N5O/c1-21(13-14-8-4-2-5-9-14)17(23)18-12-16-20-19-15-10-6-3-7-11-22(15)16/h2,4-5,8-9H,3,6-7,10-13H2,1H3,(H,18,23). The summed E-state index contributed by atoms with van der Waals surface area (Å²) in [5.41, 5.74) is 1.11. The molecule has 0 saturated carbocycles. The highest BCUT2D eigenvalue weighted by Crippen LogP contribution is 2.14. The maximum Gasteiger partial charge on any atom is 0.317 e. The molecule has 1 aromatic heterocycles. The Balaban J connectivity index is 1.56. The van der Waals surface area contributed by atoms with Crippen LogP contribution in [0.4, 0.5) is 4.79 Å². The minimum absolute atomic E-state index is 0.0974. The molecule has 23 heavy (non-hydrogen) atoms. The molecule has 1 aliphatic rings. The molecule has 1 aliphatic heterocycles. The molecular weight excluding hydrogens is 290 g/mol. The minimum Gasteiger partial charge on any atom is -0.331 e. The van der Waals surface area contributed by atoms with Gasteiger partial charge in [0, 0.05) is 26.6 Å². The van der Waals surface area contributed by atoms with Crippen LogP contribution in [0.1, 0.15) is 36.5 Å². The highest BCUT2D eigenvalue weighted by atomic mass is 16.2. The van der Waals surface area contributed by atoms with Gasteiger partial charge in [-0.25, -0.2) is 4.79 Å². The van der Waals surface area contributed by atoms with Gasteiger partial charge in [-0.3, -0.25) is 0 Å². The van der Waals surface area contributed by atoms with Crippen molar-refractivity contribution >= 4 is 6.03 Å². The van der Waals surface area contributed by atoms with E-state index < -0.39 is 0 Å². The van der Waals surface area contributed by atoms with Gasteiger partial charge in [0.05, 0.1) is 6.54 Å². The van der Waals surface area contributed by atoms with Crippen molar-refractivity contribution in [2.75, 3.05) is 7.05 Å².